The molecule has 0 aliphatic carbocycles. The first-order valence-electron chi connectivity index (χ1n) is 5.71. The van der Waals surface area contributed by atoms with E-state index in [0.29, 0.717) is 5.95 Å². The van der Waals surface area contributed by atoms with E-state index in [4.69, 9.17) is 10.8 Å². The molecule has 17 heavy (non-hydrogen) atoms. The summed E-state index contributed by atoms with van der Waals surface area (Å²) in [6.45, 7) is 2.01. The smallest absolute Gasteiger partial charge is 0.198 e. The lowest BCUT2D eigenvalue weighted by Crippen LogP contribution is -2.48. The standard InChI is InChI=1S/C11H15N5O/c12-11-14-4-9-10(15-11)7(3-13-9)5-16-2-1-8(16)6-17/h3-4,8,17H,1-2,5-6H2,(H3,12,14,15)/t8-/m0/s1. The minimum atomic E-state index is 0.218. The molecule has 0 aromatic heterocycles. The van der Waals surface area contributed by atoms with Crippen LogP contribution in [-0.4, -0.2) is 44.2 Å². The van der Waals surface area contributed by atoms with Gasteiger partial charge in [-0.3, -0.25) is 9.88 Å². The topological polar surface area (TPSA) is 91.1 Å². The molecule has 0 saturated carbocycles. The van der Waals surface area contributed by atoms with Crippen LogP contribution in [0.3, 0.4) is 0 Å². The highest BCUT2D eigenvalue weighted by Gasteiger charge is 2.28. The number of nitrogens with zero attached hydrogens (tertiary/aromatic N) is 3. The highest BCUT2D eigenvalue weighted by molar-refractivity contribution is 5.61. The van der Waals surface area contributed by atoms with Crippen LogP contribution in [-0.2, 0) is 6.54 Å². The Bertz CT molecular complexity index is 495. The zero-order valence-electron chi connectivity index (χ0n) is 9.43. The summed E-state index contributed by atoms with van der Waals surface area (Å²) in [5.41, 5.74) is 8.38. The molecule has 0 aromatic carbocycles. The van der Waals surface area contributed by atoms with E-state index in [1.54, 1.807) is 6.20 Å². The van der Waals surface area contributed by atoms with Gasteiger partial charge in [-0.2, -0.15) is 0 Å². The molecule has 6 heteroatoms. The summed E-state index contributed by atoms with van der Waals surface area (Å²) < 4.78 is 0. The summed E-state index contributed by atoms with van der Waals surface area (Å²) in [7, 11) is 0. The maximum absolute atomic E-state index is 9.14. The average molecular weight is 233 g/mol. The molecule has 0 unspecified atom stereocenters. The van der Waals surface area contributed by atoms with Crippen LogP contribution in [0.1, 0.15) is 12.0 Å². The van der Waals surface area contributed by atoms with E-state index in [0.717, 1.165) is 36.5 Å². The molecular formula is C11H15N5O. The number of H-pyrrole nitrogens is 1. The summed E-state index contributed by atoms with van der Waals surface area (Å²) in [5, 5.41) is 9.14. The number of hydrogen-bond donors (Lipinski definition) is 3. The third-order valence-corrected chi connectivity index (χ3v) is 3.35. The molecule has 1 fully saturated rings. The molecule has 3 aliphatic rings. The quantitative estimate of drug-likeness (QED) is 0.697. The number of nitrogen functional groups attached to an aromatic ring is 1. The van der Waals surface area contributed by atoms with Crippen LogP contribution >= 0.6 is 0 Å². The monoisotopic (exact) mass is 233 g/mol. The first-order valence-corrected chi connectivity index (χ1v) is 5.71. The summed E-state index contributed by atoms with van der Waals surface area (Å²) in [5.74, 6) is 0.397. The first kappa shape index (κ1) is 10.5. The summed E-state index contributed by atoms with van der Waals surface area (Å²) in [6.07, 6.45) is 4.66. The van der Waals surface area contributed by atoms with Crippen molar-refractivity contribution in [1.82, 2.24) is 19.9 Å². The van der Waals surface area contributed by atoms with Gasteiger partial charge in [-0.25, -0.2) is 4.98 Å². The van der Waals surface area contributed by atoms with E-state index in [1.165, 1.54) is 0 Å². The lowest BCUT2D eigenvalue weighted by atomic mass is 10.0. The Morgan fingerprint density at radius 2 is 2.47 bits per heavy atom. The molecule has 0 bridgehead atoms. The number of hydrogen-bond acceptors (Lipinski definition) is 5. The zero-order chi connectivity index (χ0) is 11.8. The van der Waals surface area contributed by atoms with Crippen molar-refractivity contribution < 1.29 is 5.11 Å². The average Bonchev–Trinajstić information content (AvgIpc) is 2.67. The number of aliphatic hydroxyl groups excluding tert-OH is 1. The van der Waals surface area contributed by atoms with Crippen LogP contribution in [0.2, 0.25) is 0 Å². The van der Waals surface area contributed by atoms with Gasteiger partial charge in [0, 0.05) is 37.1 Å². The molecular weight excluding hydrogens is 218 g/mol. The molecule has 6 nitrogen and oxygen atoms in total. The molecule has 0 aromatic rings. The van der Waals surface area contributed by atoms with E-state index in [2.05, 4.69) is 19.9 Å². The van der Waals surface area contributed by atoms with Crippen LogP contribution in [0, 0.1) is 0 Å². The Kier molecular flexibility index (Phi) is 2.45. The number of nitrogens with one attached hydrogen (secondary N) is 1. The van der Waals surface area contributed by atoms with Gasteiger partial charge in [0.25, 0.3) is 0 Å². The molecule has 3 rings (SSSR count). The van der Waals surface area contributed by atoms with Gasteiger partial charge in [0.2, 0.25) is 0 Å². The van der Waals surface area contributed by atoms with E-state index in [9.17, 15) is 0 Å². The molecule has 0 amide bonds. The summed E-state index contributed by atoms with van der Waals surface area (Å²) >= 11 is 0. The van der Waals surface area contributed by atoms with Crippen LogP contribution in [0.25, 0.3) is 11.4 Å². The Balaban J connectivity index is 1.84. The highest BCUT2D eigenvalue weighted by Crippen LogP contribution is 2.27. The molecule has 1 atom stereocenters. The Morgan fingerprint density at radius 3 is 3.18 bits per heavy atom. The summed E-state index contributed by atoms with van der Waals surface area (Å²) in [4.78, 5) is 13.6. The zero-order valence-corrected chi connectivity index (χ0v) is 9.43. The lowest BCUT2D eigenvalue weighted by molar-refractivity contribution is 0.0357. The van der Waals surface area contributed by atoms with E-state index in [1.807, 2.05) is 6.20 Å². The third kappa shape index (κ3) is 1.75. The largest absolute Gasteiger partial charge is 0.395 e. The van der Waals surface area contributed by atoms with Gasteiger partial charge in [-0.1, -0.05) is 0 Å². The molecule has 4 N–H and O–H groups in total. The number of rotatable bonds is 3. The van der Waals surface area contributed by atoms with Crippen LogP contribution < -0.4 is 5.73 Å². The fourth-order valence-corrected chi connectivity index (χ4v) is 2.21. The van der Waals surface area contributed by atoms with Gasteiger partial charge in [-0.15, -0.1) is 0 Å². The van der Waals surface area contributed by atoms with Crippen LogP contribution in [0.15, 0.2) is 12.4 Å². The van der Waals surface area contributed by atoms with Crippen molar-refractivity contribution in [3.8, 4) is 11.4 Å². The Morgan fingerprint density at radius 1 is 1.59 bits per heavy atom. The fraction of sp³-hybridized carbons (Fsp3) is 0.455. The van der Waals surface area contributed by atoms with Crippen LogP contribution in [0.5, 0.6) is 0 Å². The Hall–Kier alpha value is -1.66. The summed E-state index contributed by atoms with van der Waals surface area (Å²) in [6, 6.07) is 0.285. The van der Waals surface area contributed by atoms with Gasteiger partial charge in [0.1, 0.15) is 11.4 Å². The third-order valence-electron chi connectivity index (χ3n) is 3.35. The van der Waals surface area contributed by atoms with Crippen molar-refractivity contribution in [2.45, 2.75) is 19.0 Å². The SMILES string of the molecule is Nc1nc2c(CN3CC[C@H]3CO)cnc-2c[nH]1. The van der Waals surface area contributed by atoms with E-state index < -0.39 is 0 Å². The molecule has 90 valence electrons. The van der Waals surface area contributed by atoms with Crippen molar-refractivity contribution in [1.29, 1.82) is 0 Å². The predicted octanol–water partition coefficient (Wildman–Crippen LogP) is 0.0583. The molecule has 3 heterocycles. The second-order valence-corrected chi connectivity index (χ2v) is 4.40. The van der Waals surface area contributed by atoms with Crippen molar-refractivity contribution in [3.63, 3.8) is 0 Å². The Labute approximate surface area is 98.8 Å². The second kappa shape index (κ2) is 3.97. The number of aromatic nitrogens is 3. The molecule has 1 saturated heterocycles. The van der Waals surface area contributed by atoms with Crippen molar-refractivity contribution >= 4 is 5.95 Å². The number of nitrogens with two attached hydrogens (primary N) is 1. The van der Waals surface area contributed by atoms with E-state index >= 15 is 0 Å². The molecule has 3 aliphatic heterocycles. The minimum absolute atomic E-state index is 0.218. The predicted molar refractivity (Wildman–Crippen MR) is 63.3 cm³/mol. The van der Waals surface area contributed by atoms with Gasteiger partial charge in [0.05, 0.1) is 6.61 Å². The molecule has 0 radical (unpaired) electrons. The highest BCUT2D eigenvalue weighted by atomic mass is 16.3. The number of likely N-dealkylation sites (tertiary alicyclic amines) is 1. The van der Waals surface area contributed by atoms with Crippen molar-refractivity contribution in [2.75, 3.05) is 18.9 Å². The van der Waals surface area contributed by atoms with E-state index in [-0.39, 0.29) is 12.6 Å². The maximum Gasteiger partial charge on any atom is 0.198 e. The fourth-order valence-electron chi connectivity index (χ4n) is 2.21. The number of aliphatic hydroxyl groups is 1. The number of fused-ring (bicyclic) bond motifs is 1. The van der Waals surface area contributed by atoms with Gasteiger partial charge in [0.15, 0.2) is 5.95 Å². The van der Waals surface area contributed by atoms with Gasteiger partial charge >= 0.3 is 0 Å². The second-order valence-electron chi connectivity index (χ2n) is 4.40. The van der Waals surface area contributed by atoms with Crippen molar-refractivity contribution in [3.05, 3.63) is 18.0 Å². The van der Waals surface area contributed by atoms with Gasteiger partial charge in [-0.05, 0) is 6.42 Å². The molecule has 0 spiro atoms. The lowest BCUT2D eigenvalue weighted by Gasteiger charge is -2.39. The minimum Gasteiger partial charge on any atom is -0.395 e. The first-order chi connectivity index (χ1) is 8.28. The van der Waals surface area contributed by atoms with Crippen molar-refractivity contribution in [2.24, 2.45) is 0 Å². The maximum atomic E-state index is 9.14. The number of aromatic amines is 1. The van der Waals surface area contributed by atoms with Crippen LogP contribution in [0.4, 0.5) is 5.95 Å². The normalized spacial score (nSPS) is 20.6. The number of anilines is 1. The van der Waals surface area contributed by atoms with Gasteiger partial charge < -0.3 is 15.8 Å².